The van der Waals surface area contributed by atoms with E-state index in [1.165, 1.54) is 32.3 Å². The molecule has 2 heterocycles. The third-order valence-corrected chi connectivity index (χ3v) is 13.0. The van der Waals surface area contributed by atoms with Crippen molar-refractivity contribution in [3.63, 3.8) is 0 Å². The number of imide groups is 2. The highest BCUT2D eigenvalue weighted by Gasteiger charge is 2.69. The van der Waals surface area contributed by atoms with E-state index in [1.54, 1.807) is 72.8 Å². The number of nitrogens with zero attached hydrogens (tertiary/aromatic N) is 2. The van der Waals surface area contributed by atoms with Crippen LogP contribution in [0.2, 0.25) is 15.1 Å². The van der Waals surface area contributed by atoms with Gasteiger partial charge < -0.3 is 19.3 Å². The number of phenols is 1. The van der Waals surface area contributed by atoms with Gasteiger partial charge in [0.1, 0.15) is 5.75 Å². The number of carbonyl (C=O) groups excluding carboxylic acids is 4. The van der Waals surface area contributed by atoms with Crippen molar-refractivity contribution in [2.45, 2.75) is 25.2 Å². The molecule has 58 heavy (non-hydrogen) atoms. The summed E-state index contributed by atoms with van der Waals surface area (Å²) in [6, 6.07) is 20.0. The summed E-state index contributed by atoms with van der Waals surface area (Å²) in [5.74, 6) is -5.08. The van der Waals surface area contributed by atoms with Crippen LogP contribution in [0.1, 0.15) is 29.5 Å². The van der Waals surface area contributed by atoms with Crippen molar-refractivity contribution in [2.75, 3.05) is 31.7 Å². The number of benzene rings is 4. The minimum Gasteiger partial charge on any atom is -0.502 e. The topological polar surface area (TPSA) is 135 Å². The number of nitrogens with one attached hydrogen (secondary N) is 1. The second-order valence-corrected chi connectivity index (χ2v) is 16.1. The van der Waals surface area contributed by atoms with Crippen LogP contribution in [-0.4, -0.2) is 55.1 Å². The molecular formula is C44H38Cl3N3O8. The first-order chi connectivity index (χ1) is 27.8. The van der Waals surface area contributed by atoms with E-state index >= 15 is 4.79 Å². The van der Waals surface area contributed by atoms with E-state index in [-0.39, 0.29) is 46.7 Å². The Bertz CT molecular complexity index is 2430. The monoisotopic (exact) mass is 841 g/mol. The van der Waals surface area contributed by atoms with Crippen molar-refractivity contribution in [2.24, 2.45) is 29.6 Å². The van der Waals surface area contributed by atoms with Gasteiger partial charge in [0, 0.05) is 16.0 Å². The van der Waals surface area contributed by atoms with Crippen LogP contribution < -0.4 is 24.5 Å². The van der Waals surface area contributed by atoms with E-state index < -0.39 is 52.7 Å². The highest BCUT2D eigenvalue weighted by molar-refractivity contribution is 6.36. The normalized spacial score (nSPS) is 25.1. The van der Waals surface area contributed by atoms with E-state index in [4.69, 9.17) is 49.0 Å². The van der Waals surface area contributed by atoms with E-state index in [9.17, 15) is 19.5 Å². The molecule has 8 rings (SSSR count). The van der Waals surface area contributed by atoms with Gasteiger partial charge in [-0.1, -0.05) is 76.8 Å². The molecule has 2 aliphatic heterocycles. The zero-order valence-corrected chi connectivity index (χ0v) is 34.1. The molecule has 298 valence electrons. The summed E-state index contributed by atoms with van der Waals surface area (Å²) >= 11 is 19.2. The van der Waals surface area contributed by atoms with Gasteiger partial charge >= 0.3 is 0 Å². The molecule has 4 aromatic carbocycles. The first kappa shape index (κ1) is 39.3. The fourth-order valence-electron chi connectivity index (χ4n) is 9.28. The first-order valence-electron chi connectivity index (χ1n) is 18.6. The molecule has 0 radical (unpaired) electrons. The smallest absolute Gasteiger partial charge is 0.260 e. The standard InChI is InChI=1S/C44H38Cl3N3O8/c1-22-5-10-26(20-33(22)46)49-40(52)29-14-13-28-30(38(29)42(49)54)21-32-41(53)50(48-35-16-9-25(45)19-34(35)47)43(55)44(32,24-7-11-27(56-2)12-8-24)31(28)15-6-23-17-36(57-3)39(51)37(18-23)58-4/h5-13,15-20,29-32,38,48,51H,14,21H2,1-4H3/t29-,30+,31-,32-,38-,44-/m0/s1. The Morgan fingerprint density at radius 1 is 0.810 bits per heavy atom. The van der Waals surface area contributed by atoms with E-state index in [0.29, 0.717) is 32.6 Å². The number of ether oxygens (including phenoxy) is 3. The highest BCUT2D eigenvalue weighted by Crippen LogP contribution is 2.62. The average molecular weight is 843 g/mol. The van der Waals surface area contributed by atoms with Crippen molar-refractivity contribution < 1.29 is 38.5 Å². The van der Waals surface area contributed by atoms with Gasteiger partial charge in [0.25, 0.3) is 11.8 Å². The van der Waals surface area contributed by atoms with E-state index in [2.05, 4.69) is 5.43 Å². The maximum atomic E-state index is 15.5. The van der Waals surface area contributed by atoms with Crippen LogP contribution in [0.25, 0.3) is 6.08 Å². The zero-order chi connectivity index (χ0) is 41.2. The van der Waals surface area contributed by atoms with Crippen molar-refractivity contribution in [3.05, 3.63) is 122 Å². The maximum Gasteiger partial charge on any atom is 0.260 e. The van der Waals surface area contributed by atoms with Gasteiger partial charge in [-0.2, -0.15) is 5.01 Å². The summed E-state index contributed by atoms with van der Waals surface area (Å²) in [7, 11) is 4.38. The second-order valence-electron chi connectivity index (χ2n) is 14.8. The fourth-order valence-corrected chi connectivity index (χ4v) is 9.91. The molecule has 4 aliphatic rings. The van der Waals surface area contributed by atoms with Crippen LogP contribution >= 0.6 is 34.8 Å². The summed E-state index contributed by atoms with van der Waals surface area (Å²) in [5.41, 5.74) is 4.76. The number of carbonyl (C=O) groups is 4. The Morgan fingerprint density at radius 2 is 1.52 bits per heavy atom. The average Bonchev–Trinajstić information content (AvgIpc) is 3.60. The molecular weight excluding hydrogens is 805 g/mol. The molecule has 11 nitrogen and oxygen atoms in total. The van der Waals surface area contributed by atoms with Crippen molar-refractivity contribution in [3.8, 4) is 23.0 Å². The molecule has 0 unspecified atom stereocenters. The number of phenolic OH excluding ortho intramolecular Hbond substituents is 1. The minimum absolute atomic E-state index is 0.0862. The number of methoxy groups -OCH3 is 3. The molecule has 0 spiro atoms. The zero-order valence-electron chi connectivity index (χ0n) is 31.8. The Balaban J connectivity index is 1.32. The predicted octanol–water partition coefficient (Wildman–Crippen LogP) is 8.42. The molecule has 0 aromatic heterocycles. The van der Waals surface area contributed by atoms with Crippen LogP contribution in [0.4, 0.5) is 11.4 Å². The lowest BCUT2D eigenvalue weighted by atomic mass is 9.50. The molecule has 2 N–H and O–H groups in total. The van der Waals surface area contributed by atoms with Crippen LogP contribution in [0.15, 0.2) is 90.5 Å². The van der Waals surface area contributed by atoms with Crippen LogP contribution in [0.3, 0.4) is 0 Å². The Morgan fingerprint density at radius 3 is 2.16 bits per heavy atom. The van der Waals surface area contributed by atoms with Gasteiger partial charge in [-0.25, -0.2) is 4.90 Å². The molecule has 6 atom stereocenters. The fraction of sp³-hybridized carbons (Fsp3) is 0.273. The number of fused-ring (bicyclic) bond motifs is 4. The lowest BCUT2D eigenvalue weighted by Crippen LogP contribution is -2.54. The van der Waals surface area contributed by atoms with E-state index in [1.807, 2.05) is 19.1 Å². The quantitative estimate of drug-likeness (QED) is 0.126. The number of aryl methyl sites for hydroxylation is 1. The number of anilines is 2. The molecule has 2 saturated heterocycles. The third-order valence-electron chi connectivity index (χ3n) is 12.0. The molecule has 0 bridgehead atoms. The number of hydrazine groups is 1. The number of amides is 4. The van der Waals surface area contributed by atoms with Gasteiger partial charge in [-0.3, -0.25) is 24.6 Å². The van der Waals surface area contributed by atoms with Crippen LogP contribution in [0, 0.1) is 36.5 Å². The summed E-state index contributed by atoms with van der Waals surface area (Å²) in [4.78, 5) is 60.5. The van der Waals surface area contributed by atoms with Gasteiger partial charge in [0.2, 0.25) is 17.6 Å². The number of allylic oxidation sites excluding steroid dienone is 3. The summed E-state index contributed by atoms with van der Waals surface area (Å²) in [6.45, 7) is 1.84. The number of hydrogen-bond donors (Lipinski definition) is 2. The third kappa shape index (κ3) is 6.10. The molecule has 2 aliphatic carbocycles. The van der Waals surface area contributed by atoms with Crippen molar-refractivity contribution in [1.82, 2.24) is 5.01 Å². The van der Waals surface area contributed by atoms with Gasteiger partial charge in [-0.05, 0) is 97.0 Å². The van der Waals surface area contributed by atoms with Gasteiger partial charge in [0.05, 0.1) is 60.9 Å². The SMILES string of the molecule is COc1ccc([C@@]23C(=O)N(Nc4ccc(Cl)cc4Cl)C(=O)[C@@H]2C[C@@H]2C(=CC[C@@H]4C(=O)N(c5ccc(C)c(Cl)c5)C(=O)[C@@H]42)[C@@H]3C=Cc2cc(OC)c(O)c(OC)c2)cc1. The number of rotatable bonds is 9. The Labute approximate surface area is 349 Å². The van der Waals surface area contributed by atoms with Gasteiger partial charge in [-0.15, -0.1) is 0 Å². The number of hydrogen-bond acceptors (Lipinski definition) is 9. The molecule has 1 saturated carbocycles. The predicted molar refractivity (Wildman–Crippen MR) is 220 cm³/mol. The minimum atomic E-state index is -1.55. The summed E-state index contributed by atoms with van der Waals surface area (Å²) in [6.07, 6.45) is 5.91. The number of halogens is 3. The van der Waals surface area contributed by atoms with Crippen LogP contribution in [0.5, 0.6) is 23.0 Å². The molecule has 4 aromatic rings. The maximum absolute atomic E-state index is 15.5. The Hall–Kier alpha value is -5.49. The van der Waals surface area contributed by atoms with E-state index in [0.717, 1.165) is 16.1 Å². The summed E-state index contributed by atoms with van der Waals surface area (Å²) < 4.78 is 16.4. The molecule has 4 amide bonds. The second kappa shape index (κ2) is 15.0. The van der Waals surface area contributed by atoms with Crippen LogP contribution in [-0.2, 0) is 24.6 Å². The molecule has 14 heteroatoms. The highest BCUT2D eigenvalue weighted by atomic mass is 35.5. The largest absolute Gasteiger partial charge is 0.502 e. The lowest BCUT2D eigenvalue weighted by molar-refractivity contribution is -0.139. The van der Waals surface area contributed by atoms with Crippen molar-refractivity contribution in [1.29, 1.82) is 0 Å². The Kier molecular flexibility index (Phi) is 10.2. The van der Waals surface area contributed by atoms with Gasteiger partial charge in [0.15, 0.2) is 11.5 Å². The summed E-state index contributed by atoms with van der Waals surface area (Å²) in [5, 5.41) is 12.7. The first-order valence-corrected chi connectivity index (χ1v) is 19.7. The molecule has 3 fully saturated rings. The lowest BCUT2D eigenvalue weighted by Gasteiger charge is -2.49. The van der Waals surface area contributed by atoms with Crippen molar-refractivity contribution >= 4 is 75.9 Å². The number of aromatic hydroxyl groups is 1.